The van der Waals surface area contributed by atoms with Gasteiger partial charge in [-0.25, -0.2) is 9.97 Å². The second kappa shape index (κ2) is 14.9. The summed E-state index contributed by atoms with van der Waals surface area (Å²) >= 11 is 0. The van der Waals surface area contributed by atoms with Crippen molar-refractivity contribution in [1.82, 2.24) is 19.9 Å². The van der Waals surface area contributed by atoms with Crippen molar-refractivity contribution in [2.75, 3.05) is 0 Å². The van der Waals surface area contributed by atoms with Crippen LogP contribution < -0.4 is 0 Å². The van der Waals surface area contributed by atoms with Crippen LogP contribution in [0.3, 0.4) is 0 Å². The number of hydrogen-bond acceptors (Lipinski definition) is 4. The fourth-order valence-electron chi connectivity index (χ4n) is 5.77. The van der Waals surface area contributed by atoms with E-state index in [0.717, 1.165) is 83.7 Å². The summed E-state index contributed by atoms with van der Waals surface area (Å²) in [5.41, 5.74) is 13.7. The minimum Gasteiger partial charge on any atom is -0.481 e. The Labute approximate surface area is 284 Å². The molecule has 0 amide bonds. The minimum atomic E-state index is -0.883. The van der Waals surface area contributed by atoms with Crippen molar-refractivity contribution in [3.63, 3.8) is 0 Å². The number of aromatic amines is 2. The van der Waals surface area contributed by atoms with Gasteiger partial charge in [0, 0.05) is 63.1 Å². The zero-order chi connectivity index (χ0) is 30.3. The number of fused-ring (bicyclic) bond motifs is 8. The molecule has 5 rings (SSSR count). The average Bonchev–Trinajstić information content (AvgIpc) is 3.59. The van der Waals surface area contributed by atoms with Gasteiger partial charge in [-0.15, -0.1) is 24.8 Å². The number of hydrogen-bond donors (Lipinski definition) is 4. The van der Waals surface area contributed by atoms with Crippen LogP contribution in [0.25, 0.3) is 50.4 Å². The minimum absolute atomic E-state index is 0. The number of allylic oxidation sites excluding steroid dienone is 5. The van der Waals surface area contributed by atoms with Crippen molar-refractivity contribution in [3.05, 3.63) is 88.5 Å². The Hall–Kier alpha value is -3.88. The Morgan fingerprint density at radius 3 is 1.84 bits per heavy atom. The number of H-pyrrole nitrogens is 2. The number of aliphatic carboxylic acids is 2. The maximum Gasteiger partial charge on any atom is 0.303 e. The summed E-state index contributed by atoms with van der Waals surface area (Å²) in [6, 6.07) is 7.88. The summed E-state index contributed by atoms with van der Waals surface area (Å²) < 4.78 is 0. The van der Waals surface area contributed by atoms with E-state index in [1.165, 1.54) is 0 Å². The number of aryl methyl sites for hydroxylation is 3. The molecule has 0 spiro atoms. The van der Waals surface area contributed by atoms with Crippen LogP contribution in [0.4, 0.5) is 0 Å². The molecule has 237 valence electrons. The Kier molecular flexibility index (Phi) is 12.4. The number of nitrogens with zero attached hydrogens (tertiary/aromatic N) is 2. The zero-order valence-corrected chi connectivity index (χ0v) is 28.3. The van der Waals surface area contributed by atoms with Crippen LogP contribution in [0.2, 0.25) is 0 Å². The van der Waals surface area contributed by atoms with Crippen molar-refractivity contribution in [1.29, 1.82) is 0 Å². The summed E-state index contributed by atoms with van der Waals surface area (Å²) in [7, 11) is 0. The van der Waals surface area contributed by atoms with Crippen LogP contribution in [0.1, 0.15) is 78.1 Å². The Balaban J connectivity index is 0.00000235. The predicted octanol–water partition coefficient (Wildman–Crippen LogP) is 8.35. The van der Waals surface area contributed by atoms with Gasteiger partial charge in [-0.3, -0.25) is 9.59 Å². The molecule has 0 unspecified atom stereocenters. The smallest absolute Gasteiger partial charge is 0.303 e. The summed E-state index contributed by atoms with van der Waals surface area (Å²) in [4.78, 5) is 40.0. The molecular weight excluding hydrogens is 654 g/mol. The van der Waals surface area contributed by atoms with E-state index in [9.17, 15) is 19.8 Å². The molecule has 0 fully saturated rings. The topological polar surface area (TPSA) is 132 Å². The fourth-order valence-corrected chi connectivity index (χ4v) is 5.77. The van der Waals surface area contributed by atoms with Crippen LogP contribution in [0, 0.1) is 13.8 Å². The number of halogens is 2. The molecule has 0 aromatic carbocycles. The normalized spacial score (nSPS) is 12.2. The van der Waals surface area contributed by atoms with Gasteiger partial charge in [0.2, 0.25) is 0 Å². The molecule has 0 saturated heterocycles. The number of carboxylic acid groups (broad SMARTS) is 2. The SMILES string of the molecule is C=CC1=C(C)c2cc3[nH]c(cc4nc(cc5[nH]c(cc1n2)c(C)c5CCC(=O)O)C(CCC(=O)O)=C4C)c(C)c3C=C.Cl.Cl.[Mn]. The van der Waals surface area contributed by atoms with Crippen LogP contribution in [-0.2, 0) is 33.1 Å². The van der Waals surface area contributed by atoms with E-state index in [0.29, 0.717) is 18.5 Å². The van der Waals surface area contributed by atoms with Crippen LogP contribution in [0.15, 0.2) is 43.5 Å². The largest absolute Gasteiger partial charge is 0.481 e. The number of carboxylic acids is 2. The summed E-state index contributed by atoms with van der Waals surface area (Å²) in [5, 5.41) is 18.9. The molecule has 8 bridgehead atoms. The molecule has 8 nitrogen and oxygen atoms in total. The van der Waals surface area contributed by atoms with E-state index < -0.39 is 11.9 Å². The van der Waals surface area contributed by atoms with E-state index in [-0.39, 0.29) is 54.7 Å². The maximum absolute atomic E-state index is 11.5. The third kappa shape index (κ3) is 7.18. The molecule has 3 aromatic rings. The third-order valence-electron chi connectivity index (χ3n) is 8.22. The van der Waals surface area contributed by atoms with E-state index in [1.807, 2.05) is 58.0 Å². The maximum atomic E-state index is 11.5. The van der Waals surface area contributed by atoms with Gasteiger partial charge in [-0.05, 0) is 98.2 Å². The first-order valence-electron chi connectivity index (χ1n) is 13.9. The van der Waals surface area contributed by atoms with Crippen molar-refractivity contribution in [2.45, 2.75) is 53.4 Å². The van der Waals surface area contributed by atoms with Crippen molar-refractivity contribution in [3.8, 4) is 0 Å². The van der Waals surface area contributed by atoms with Gasteiger partial charge in [0.1, 0.15) is 0 Å². The summed E-state index contributed by atoms with van der Waals surface area (Å²) in [6.07, 6.45) is 4.22. The second-order valence-electron chi connectivity index (χ2n) is 10.7. The molecule has 11 heteroatoms. The number of aromatic nitrogens is 4. The monoisotopic (exact) mass is 689 g/mol. The number of nitrogens with one attached hydrogen (secondary N) is 2. The molecule has 1 radical (unpaired) electrons. The Morgan fingerprint density at radius 2 is 1.22 bits per heavy atom. The zero-order valence-electron chi connectivity index (χ0n) is 25.5. The molecule has 45 heavy (non-hydrogen) atoms. The van der Waals surface area contributed by atoms with Gasteiger partial charge in [0.05, 0.1) is 22.8 Å². The van der Waals surface area contributed by atoms with Gasteiger partial charge >= 0.3 is 11.9 Å². The van der Waals surface area contributed by atoms with E-state index in [4.69, 9.17) is 9.97 Å². The molecule has 0 aliphatic carbocycles. The van der Waals surface area contributed by atoms with E-state index >= 15 is 0 Å². The number of rotatable bonds is 8. The Morgan fingerprint density at radius 1 is 0.711 bits per heavy atom. The van der Waals surface area contributed by atoms with Crippen LogP contribution in [-0.4, -0.2) is 42.1 Å². The quantitative estimate of drug-likeness (QED) is 0.176. The average molecular weight is 691 g/mol. The summed E-state index contributed by atoms with van der Waals surface area (Å²) in [6.45, 7) is 16.0. The summed E-state index contributed by atoms with van der Waals surface area (Å²) in [5.74, 6) is -1.76. The van der Waals surface area contributed by atoms with Crippen molar-refractivity contribution < 1.29 is 36.9 Å². The molecular formula is C34H36Cl2MnN4O4. The van der Waals surface area contributed by atoms with Gasteiger partial charge in [-0.1, -0.05) is 25.3 Å². The fraction of sp³-hybridized carbons (Fsp3) is 0.235. The van der Waals surface area contributed by atoms with Gasteiger partial charge in [0.25, 0.3) is 0 Å². The van der Waals surface area contributed by atoms with E-state index in [1.54, 1.807) is 6.08 Å². The van der Waals surface area contributed by atoms with Crippen LogP contribution >= 0.6 is 24.8 Å². The van der Waals surface area contributed by atoms with Gasteiger partial charge < -0.3 is 20.2 Å². The molecule has 0 saturated carbocycles. The predicted molar refractivity (Wildman–Crippen MR) is 183 cm³/mol. The molecule has 2 aliphatic rings. The molecule has 5 heterocycles. The molecule has 0 atom stereocenters. The van der Waals surface area contributed by atoms with Gasteiger partial charge in [0.15, 0.2) is 0 Å². The van der Waals surface area contributed by atoms with Crippen molar-refractivity contribution in [2.24, 2.45) is 0 Å². The standard InChI is InChI=1S/C34H34N4O4.2ClH.Mn/c1-7-21-17(3)25-13-26-19(5)23(9-11-33(39)40)31(37-26)16-32-24(10-12-34(41)42)20(6)28(38-32)15-30-22(8-2)18(4)27(36-30)14-29(21)35-25;;;/h7-8,13-16,35,38H,1-2,9-12H2,3-6H3,(H,39,40)(H,41,42);2*1H;. The Bertz CT molecular complexity index is 1940. The van der Waals surface area contributed by atoms with Crippen molar-refractivity contribution >= 4 is 87.2 Å². The molecule has 2 aliphatic heterocycles. The molecule has 3 aromatic heterocycles. The first-order chi connectivity index (χ1) is 20.0. The first kappa shape index (κ1) is 37.3. The second-order valence-corrected chi connectivity index (χ2v) is 10.7. The van der Waals surface area contributed by atoms with Crippen LogP contribution in [0.5, 0.6) is 0 Å². The third-order valence-corrected chi connectivity index (χ3v) is 8.22. The van der Waals surface area contributed by atoms with Gasteiger partial charge in [-0.2, -0.15) is 0 Å². The molecule has 4 N–H and O–H groups in total. The number of carbonyl (C=O) groups is 2. The van der Waals surface area contributed by atoms with E-state index in [2.05, 4.69) is 23.1 Å². The first-order valence-corrected chi connectivity index (χ1v) is 13.9.